The van der Waals surface area contributed by atoms with Crippen LogP contribution in [0.25, 0.3) is 0 Å². The second-order valence-electron chi connectivity index (χ2n) is 3.67. The Labute approximate surface area is 103 Å². The van der Waals surface area contributed by atoms with Crippen molar-refractivity contribution in [2.75, 3.05) is 11.1 Å². The fourth-order valence-electron chi connectivity index (χ4n) is 1.44. The summed E-state index contributed by atoms with van der Waals surface area (Å²) in [7, 11) is 0. The predicted molar refractivity (Wildman–Crippen MR) is 68.2 cm³/mol. The molecule has 0 aliphatic heterocycles. The van der Waals surface area contributed by atoms with E-state index < -0.39 is 0 Å². The Kier molecular flexibility index (Phi) is 3.06. The van der Waals surface area contributed by atoms with Crippen LogP contribution in [0.5, 0.6) is 0 Å². The molecule has 1 amide bonds. The van der Waals surface area contributed by atoms with Crippen molar-refractivity contribution in [3.05, 3.63) is 34.6 Å². The minimum absolute atomic E-state index is 0.205. The van der Waals surface area contributed by atoms with Gasteiger partial charge in [-0.25, -0.2) is 4.98 Å². The number of rotatable bonds is 2. The minimum Gasteiger partial charge on any atom is -0.375 e. The third-order valence-corrected chi connectivity index (χ3v) is 3.14. The topological polar surface area (TPSA) is 80.9 Å². The number of amides is 1. The minimum atomic E-state index is -0.205. The average Bonchev–Trinajstić information content (AvgIpc) is 2.58. The molecule has 0 unspecified atom stereocenters. The Morgan fingerprint density at radius 1 is 1.41 bits per heavy atom. The number of aromatic nitrogens is 2. The molecular formula is C11H12N4OS. The standard InChI is InChI=1S/C11H12N4OS/c1-6-3-8(5-13-4-6)15-10(16)9-7(2)14-11(12)17-9/h3-5H,1-2H3,(H2,12,14)(H,15,16). The van der Waals surface area contributed by atoms with Crippen molar-refractivity contribution in [1.29, 1.82) is 0 Å². The highest BCUT2D eigenvalue weighted by atomic mass is 32.1. The highest BCUT2D eigenvalue weighted by Crippen LogP contribution is 2.21. The van der Waals surface area contributed by atoms with Crippen LogP contribution in [0.15, 0.2) is 18.5 Å². The van der Waals surface area contributed by atoms with Gasteiger partial charge in [-0.1, -0.05) is 11.3 Å². The molecule has 0 fully saturated rings. The summed E-state index contributed by atoms with van der Waals surface area (Å²) < 4.78 is 0. The van der Waals surface area contributed by atoms with Gasteiger partial charge in [0.25, 0.3) is 5.91 Å². The lowest BCUT2D eigenvalue weighted by molar-refractivity contribution is 0.103. The molecule has 17 heavy (non-hydrogen) atoms. The Morgan fingerprint density at radius 2 is 2.18 bits per heavy atom. The zero-order valence-corrected chi connectivity index (χ0v) is 10.3. The lowest BCUT2D eigenvalue weighted by Gasteiger charge is -2.03. The number of hydrogen-bond acceptors (Lipinski definition) is 5. The van der Waals surface area contributed by atoms with Crippen LogP contribution < -0.4 is 11.1 Å². The van der Waals surface area contributed by atoms with Crippen molar-refractivity contribution in [3.63, 3.8) is 0 Å². The van der Waals surface area contributed by atoms with Gasteiger partial charge in [-0.15, -0.1) is 0 Å². The second-order valence-corrected chi connectivity index (χ2v) is 4.70. The van der Waals surface area contributed by atoms with E-state index in [0.29, 0.717) is 21.4 Å². The Bertz CT molecular complexity index is 564. The van der Waals surface area contributed by atoms with Crippen LogP contribution in [-0.2, 0) is 0 Å². The maximum absolute atomic E-state index is 11.9. The van der Waals surface area contributed by atoms with Gasteiger partial charge >= 0.3 is 0 Å². The third-order valence-electron chi connectivity index (χ3n) is 2.15. The molecule has 0 aliphatic carbocycles. The molecule has 0 atom stereocenters. The zero-order chi connectivity index (χ0) is 12.4. The monoisotopic (exact) mass is 248 g/mol. The third kappa shape index (κ3) is 2.59. The van der Waals surface area contributed by atoms with Gasteiger partial charge in [0, 0.05) is 6.20 Å². The molecule has 0 spiro atoms. The first-order valence-electron chi connectivity index (χ1n) is 5.02. The Balaban J connectivity index is 2.20. The number of nitrogens with two attached hydrogens (primary N) is 1. The molecule has 0 saturated carbocycles. The van der Waals surface area contributed by atoms with Gasteiger partial charge in [-0.05, 0) is 25.5 Å². The number of nitrogen functional groups attached to an aromatic ring is 1. The van der Waals surface area contributed by atoms with E-state index in [-0.39, 0.29) is 5.91 Å². The van der Waals surface area contributed by atoms with E-state index in [4.69, 9.17) is 5.73 Å². The van der Waals surface area contributed by atoms with Gasteiger partial charge < -0.3 is 11.1 Å². The number of carbonyl (C=O) groups is 1. The van der Waals surface area contributed by atoms with Crippen molar-refractivity contribution in [1.82, 2.24) is 9.97 Å². The molecule has 6 heteroatoms. The summed E-state index contributed by atoms with van der Waals surface area (Å²) in [6.07, 6.45) is 3.33. The van der Waals surface area contributed by atoms with E-state index in [1.807, 2.05) is 13.0 Å². The van der Waals surface area contributed by atoms with Crippen molar-refractivity contribution in [2.24, 2.45) is 0 Å². The second kappa shape index (κ2) is 4.50. The number of pyridine rings is 1. The molecule has 2 heterocycles. The zero-order valence-electron chi connectivity index (χ0n) is 9.52. The number of anilines is 2. The number of thiazole rings is 1. The van der Waals surface area contributed by atoms with E-state index in [1.54, 1.807) is 19.3 Å². The predicted octanol–water partition coefficient (Wildman–Crippen LogP) is 1.99. The highest BCUT2D eigenvalue weighted by Gasteiger charge is 2.14. The molecule has 88 valence electrons. The maximum atomic E-state index is 11.9. The SMILES string of the molecule is Cc1cncc(NC(=O)c2sc(N)nc2C)c1. The average molecular weight is 248 g/mol. The summed E-state index contributed by atoms with van der Waals surface area (Å²) >= 11 is 1.18. The van der Waals surface area contributed by atoms with Gasteiger partial charge in [-0.2, -0.15) is 0 Å². The number of nitrogens with zero attached hydrogens (tertiary/aromatic N) is 2. The fraction of sp³-hybridized carbons (Fsp3) is 0.182. The van der Waals surface area contributed by atoms with Crippen LogP contribution in [0.4, 0.5) is 10.8 Å². The molecule has 2 aromatic heterocycles. The van der Waals surface area contributed by atoms with Crippen molar-refractivity contribution in [3.8, 4) is 0 Å². The lowest BCUT2D eigenvalue weighted by atomic mass is 10.3. The van der Waals surface area contributed by atoms with Gasteiger partial charge in [-0.3, -0.25) is 9.78 Å². The molecule has 0 radical (unpaired) electrons. The van der Waals surface area contributed by atoms with E-state index in [9.17, 15) is 4.79 Å². The highest BCUT2D eigenvalue weighted by molar-refractivity contribution is 7.17. The smallest absolute Gasteiger partial charge is 0.267 e. The normalized spacial score (nSPS) is 10.2. The quantitative estimate of drug-likeness (QED) is 0.851. The molecule has 0 bridgehead atoms. The Morgan fingerprint density at radius 3 is 2.76 bits per heavy atom. The Hall–Kier alpha value is -1.95. The van der Waals surface area contributed by atoms with Crippen molar-refractivity contribution < 1.29 is 4.79 Å². The molecule has 0 saturated heterocycles. The van der Waals surface area contributed by atoms with Gasteiger partial charge in [0.2, 0.25) is 0 Å². The van der Waals surface area contributed by atoms with Crippen LogP contribution in [0, 0.1) is 13.8 Å². The first kappa shape index (κ1) is 11.5. The van der Waals surface area contributed by atoms with E-state index >= 15 is 0 Å². The summed E-state index contributed by atoms with van der Waals surface area (Å²) in [5.41, 5.74) is 7.85. The van der Waals surface area contributed by atoms with Gasteiger partial charge in [0.1, 0.15) is 4.88 Å². The fourth-order valence-corrected chi connectivity index (χ4v) is 2.17. The number of aryl methyl sites for hydroxylation is 2. The number of hydrogen-bond donors (Lipinski definition) is 2. The number of carbonyl (C=O) groups excluding carboxylic acids is 1. The molecule has 0 aliphatic rings. The summed E-state index contributed by atoms with van der Waals surface area (Å²) in [5, 5.41) is 3.16. The molecule has 3 N–H and O–H groups in total. The van der Waals surface area contributed by atoms with Gasteiger partial charge in [0.05, 0.1) is 17.6 Å². The van der Waals surface area contributed by atoms with E-state index in [2.05, 4.69) is 15.3 Å². The molecule has 2 rings (SSSR count). The summed E-state index contributed by atoms with van der Waals surface area (Å²) in [6.45, 7) is 3.68. The van der Waals surface area contributed by atoms with E-state index in [0.717, 1.165) is 5.56 Å². The summed E-state index contributed by atoms with van der Waals surface area (Å²) in [4.78, 5) is 20.5. The van der Waals surface area contributed by atoms with Crippen LogP contribution >= 0.6 is 11.3 Å². The first-order chi connectivity index (χ1) is 8.06. The maximum Gasteiger partial charge on any atom is 0.267 e. The molecule has 2 aromatic rings. The van der Waals surface area contributed by atoms with Crippen LogP contribution in [0.1, 0.15) is 20.9 Å². The van der Waals surface area contributed by atoms with Crippen LogP contribution in [0.2, 0.25) is 0 Å². The largest absolute Gasteiger partial charge is 0.375 e. The van der Waals surface area contributed by atoms with Crippen LogP contribution in [-0.4, -0.2) is 15.9 Å². The lowest BCUT2D eigenvalue weighted by Crippen LogP contribution is -2.11. The first-order valence-corrected chi connectivity index (χ1v) is 5.84. The van der Waals surface area contributed by atoms with Gasteiger partial charge in [0.15, 0.2) is 5.13 Å². The van der Waals surface area contributed by atoms with Crippen molar-refractivity contribution >= 4 is 28.1 Å². The molecule has 5 nitrogen and oxygen atoms in total. The van der Waals surface area contributed by atoms with E-state index in [1.165, 1.54) is 11.3 Å². The van der Waals surface area contributed by atoms with Crippen molar-refractivity contribution in [2.45, 2.75) is 13.8 Å². The molecular weight excluding hydrogens is 236 g/mol. The number of nitrogens with one attached hydrogen (secondary N) is 1. The molecule has 0 aromatic carbocycles. The van der Waals surface area contributed by atoms with Crippen LogP contribution in [0.3, 0.4) is 0 Å². The summed E-state index contributed by atoms with van der Waals surface area (Å²) in [5.74, 6) is -0.205. The summed E-state index contributed by atoms with van der Waals surface area (Å²) in [6, 6.07) is 1.85.